The lowest BCUT2D eigenvalue weighted by atomic mass is 9.68. The first kappa shape index (κ1) is 21.7. The minimum Gasteiger partial charge on any atom is -0.493 e. The summed E-state index contributed by atoms with van der Waals surface area (Å²) >= 11 is 2.78. The normalized spacial score (nSPS) is 33.0. The molecule has 2 bridgehead atoms. The van der Waals surface area contributed by atoms with Gasteiger partial charge in [0.25, 0.3) is 0 Å². The van der Waals surface area contributed by atoms with Crippen LogP contribution in [0.5, 0.6) is 11.5 Å². The minimum atomic E-state index is -1.19. The summed E-state index contributed by atoms with van der Waals surface area (Å²) in [5.41, 5.74) is 0.965. The third-order valence-corrected chi connectivity index (χ3v) is 10.5. The van der Waals surface area contributed by atoms with Gasteiger partial charge in [-0.25, -0.2) is 0 Å². The van der Waals surface area contributed by atoms with Crippen molar-refractivity contribution in [1.29, 1.82) is 0 Å². The number of aliphatic carboxylic acids is 1. The summed E-state index contributed by atoms with van der Waals surface area (Å²) in [6.45, 7) is -0.591. The highest BCUT2D eigenvalue weighted by Crippen LogP contribution is 2.68. The molecule has 2 amide bonds. The largest absolute Gasteiger partial charge is 0.493 e. The fourth-order valence-corrected chi connectivity index (χ4v) is 9.68. The third-order valence-electron chi connectivity index (χ3n) is 7.88. The molecule has 3 fully saturated rings. The monoisotopic (exact) mass is 502 g/mol. The molecule has 9 nitrogen and oxygen atoms in total. The summed E-state index contributed by atoms with van der Waals surface area (Å²) in [4.78, 5) is 54.6. The summed E-state index contributed by atoms with van der Waals surface area (Å²) in [5.74, 6) is -1.93. The Kier molecular flexibility index (Phi) is 4.86. The molecule has 2 saturated carbocycles. The number of fused-ring (bicyclic) bond motifs is 9. The van der Waals surface area contributed by atoms with Crippen molar-refractivity contribution in [2.45, 2.75) is 22.6 Å². The number of nitrogens with one attached hydrogen (secondary N) is 1. The number of nitrogens with zero attached hydrogens (tertiary/aromatic N) is 1. The van der Waals surface area contributed by atoms with Crippen LogP contribution >= 0.6 is 23.1 Å². The quantitative estimate of drug-likeness (QED) is 0.595. The van der Waals surface area contributed by atoms with Gasteiger partial charge in [-0.15, -0.1) is 11.8 Å². The van der Waals surface area contributed by atoms with Crippen LogP contribution in [0.4, 0.5) is 0 Å². The Morgan fingerprint density at radius 1 is 1.12 bits per heavy atom. The summed E-state index contributed by atoms with van der Waals surface area (Å²) in [6, 6.07) is 5.73. The number of carbonyl (C=O) groups excluding carboxylic acids is 2. The number of thiazole rings is 1. The predicted molar refractivity (Wildman–Crippen MR) is 122 cm³/mol. The van der Waals surface area contributed by atoms with E-state index in [2.05, 4.69) is 4.98 Å². The van der Waals surface area contributed by atoms with Crippen LogP contribution in [0.2, 0.25) is 0 Å². The highest BCUT2D eigenvalue weighted by molar-refractivity contribution is 8.00. The summed E-state index contributed by atoms with van der Waals surface area (Å²) in [7, 11) is 3.14. The van der Waals surface area contributed by atoms with Crippen LogP contribution in [0, 0.1) is 29.6 Å². The molecule has 0 radical (unpaired) electrons. The predicted octanol–water partition coefficient (Wildman–Crippen LogP) is 2.01. The molecule has 4 aliphatic rings. The van der Waals surface area contributed by atoms with Gasteiger partial charge in [-0.3, -0.25) is 24.1 Å². The molecule has 11 heteroatoms. The van der Waals surface area contributed by atoms with Crippen molar-refractivity contribution in [2.75, 3.05) is 20.8 Å². The van der Waals surface area contributed by atoms with Gasteiger partial charge < -0.3 is 19.6 Å². The number of aromatic amines is 1. The van der Waals surface area contributed by atoms with Gasteiger partial charge in [-0.05, 0) is 41.9 Å². The molecule has 7 atom stereocenters. The van der Waals surface area contributed by atoms with Crippen molar-refractivity contribution in [2.24, 2.45) is 29.6 Å². The molecular formula is C23H22N2O7S2. The average Bonchev–Trinajstić information content (AvgIpc) is 3.54. The van der Waals surface area contributed by atoms with Gasteiger partial charge in [0.2, 0.25) is 11.8 Å². The van der Waals surface area contributed by atoms with Gasteiger partial charge in [0, 0.05) is 16.0 Å². The first-order valence-corrected chi connectivity index (χ1v) is 12.7. The van der Waals surface area contributed by atoms with Crippen molar-refractivity contribution < 1.29 is 29.0 Å². The van der Waals surface area contributed by atoms with E-state index >= 15 is 0 Å². The molecule has 2 aromatic rings. The number of hydrogen-bond acceptors (Lipinski definition) is 8. The van der Waals surface area contributed by atoms with Gasteiger partial charge in [0.1, 0.15) is 6.54 Å². The lowest BCUT2D eigenvalue weighted by Crippen LogP contribution is -2.42. The summed E-state index contributed by atoms with van der Waals surface area (Å²) in [6.07, 6.45) is 0.749. The van der Waals surface area contributed by atoms with E-state index in [1.807, 2.05) is 18.2 Å². The molecule has 1 aromatic carbocycles. The van der Waals surface area contributed by atoms with Crippen LogP contribution < -0.4 is 14.3 Å². The van der Waals surface area contributed by atoms with Crippen LogP contribution in [0.15, 0.2) is 28.0 Å². The molecule has 3 heterocycles. The Balaban J connectivity index is 1.46. The second-order valence-electron chi connectivity index (χ2n) is 9.23. The van der Waals surface area contributed by atoms with Crippen molar-refractivity contribution in [1.82, 2.24) is 9.88 Å². The maximum absolute atomic E-state index is 13.2. The van der Waals surface area contributed by atoms with E-state index in [1.54, 1.807) is 26.0 Å². The number of rotatable bonds is 5. The molecule has 1 aromatic heterocycles. The van der Waals surface area contributed by atoms with E-state index in [1.165, 1.54) is 11.3 Å². The fraction of sp³-hybridized carbons (Fsp3) is 0.478. The van der Waals surface area contributed by atoms with Crippen molar-refractivity contribution >= 4 is 40.9 Å². The zero-order valence-electron chi connectivity index (χ0n) is 18.3. The molecule has 178 valence electrons. The van der Waals surface area contributed by atoms with Gasteiger partial charge in [0.15, 0.2) is 11.5 Å². The Bertz CT molecular complexity index is 1290. The molecule has 2 aliphatic heterocycles. The van der Waals surface area contributed by atoms with Crippen molar-refractivity contribution in [3.8, 4) is 11.5 Å². The second kappa shape index (κ2) is 7.61. The van der Waals surface area contributed by atoms with E-state index < -0.39 is 24.3 Å². The topological polar surface area (TPSA) is 126 Å². The number of methoxy groups -OCH3 is 2. The number of carboxylic acids is 1. The van der Waals surface area contributed by atoms with E-state index in [0.717, 1.165) is 26.8 Å². The standard InChI is InChI=1S/C23H22N2O7S2/c1-31-11-4-3-8(5-12(11)32-2)14-15-9-6-10(18(15)33-20-19(14)34-23(30)24-20)17-16(9)21(28)25(22(17)29)7-13(26)27/h3-5,9-10,14-18H,6-7H2,1-2H3,(H,24,30)(H,26,27)/t9-,10+,14+,15-,16+,17-,18-/m1/s1. The summed E-state index contributed by atoms with van der Waals surface area (Å²) in [5, 5.41) is 10.1. The maximum Gasteiger partial charge on any atom is 0.323 e. The van der Waals surface area contributed by atoms with Crippen LogP contribution in [0.1, 0.15) is 22.8 Å². The van der Waals surface area contributed by atoms with Gasteiger partial charge in [-0.2, -0.15) is 0 Å². The molecular weight excluding hydrogens is 480 g/mol. The number of imide groups is 1. The number of thioether (sulfide) groups is 1. The SMILES string of the molecule is COc1ccc([C@@H]2c3sc(=O)[nH]c3S[C@@H]3[C@H]4C[C@@H]([C@@H]5C(=O)N(CC(=O)O)C(=O)[C@H]45)[C@H]23)cc1OC. The van der Waals surface area contributed by atoms with Gasteiger partial charge in [0.05, 0.1) is 31.1 Å². The highest BCUT2D eigenvalue weighted by atomic mass is 32.2. The fourth-order valence-electron chi connectivity index (χ4n) is 6.79. The minimum absolute atomic E-state index is 0.0369. The summed E-state index contributed by atoms with van der Waals surface area (Å²) < 4.78 is 10.9. The van der Waals surface area contributed by atoms with Gasteiger partial charge >= 0.3 is 10.8 Å². The number of hydrogen-bond donors (Lipinski definition) is 2. The molecule has 2 aliphatic carbocycles. The van der Waals surface area contributed by atoms with Crippen molar-refractivity contribution in [3.05, 3.63) is 38.3 Å². The van der Waals surface area contributed by atoms with Gasteiger partial charge in [-0.1, -0.05) is 17.4 Å². The molecule has 6 rings (SSSR count). The van der Waals surface area contributed by atoms with E-state index in [9.17, 15) is 24.3 Å². The van der Waals surface area contributed by atoms with Crippen LogP contribution in [0.3, 0.4) is 0 Å². The smallest absolute Gasteiger partial charge is 0.323 e. The number of H-pyrrole nitrogens is 1. The Morgan fingerprint density at radius 3 is 2.50 bits per heavy atom. The first-order valence-electron chi connectivity index (χ1n) is 11.0. The lowest BCUT2D eigenvalue weighted by molar-refractivity contribution is -0.149. The number of aromatic nitrogens is 1. The molecule has 0 unspecified atom stereocenters. The van der Waals surface area contributed by atoms with Crippen molar-refractivity contribution in [3.63, 3.8) is 0 Å². The molecule has 2 N–H and O–H groups in total. The van der Waals surface area contributed by atoms with E-state index in [4.69, 9.17) is 9.47 Å². The Hall–Kier alpha value is -2.79. The number of carboxylic acid groups (broad SMARTS) is 1. The zero-order chi connectivity index (χ0) is 23.9. The molecule has 34 heavy (non-hydrogen) atoms. The third kappa shape index (κ3) is 2.86. The van der Waals surface area contributed by atoms with E-state index in [-0.39, 0.29) is 45.6 Å². The number of benzene rings is 1. The zero-order valence-corrected chi connectivity index (χ0v) is 20.0. The highest BCUT2D eigenvalue weighted by Gasteiger charge is 2.69. The average molecular weight is 503 g/mol. The van der Waals surface area contributed by atoms with Crippen LogP contribution in [-0.2, 0) is 14.4 Å². The Labute approximate surface area is 202 Å². The lowest BCUT2D eigenvalue weighted by Gasteiger charge is -2.43. The molecule has 0 spiro atoms. The Morgan fingerprint density at radius 2 is 1.82 bits per heavy atom. The number of carbonyl (C=O) groups is 3. The first-order chi connectivity index (χ1) is 16.3. The van der Waals surface area contributed by atoms with Crippen LogP contribution in [-0.4, -0.2) is 58.8 Å². The number of amides is 2. The number of likely N-dealkylation sites (tertiary alicyclic amines) is 1. The van der Waals surface area contributed by atoms with E-state index in [0.29, 0.717) is 11.5 Å². The van der Waals surface area contributed by atoms with Crippen LogP contribution in [0.25, 0.3) is 0 Å². The molecule has 1 saturated heterocycles. The number of ether oxygens (including phenoxy) is 2. The second-order valence-corrected chi connectivity index (χ2v) is 11.4. The maximum atomic E-state index is 13.2.